The number of hydrogen-bond donors (Lipinski definition) is 1. The Hall–Kier alpha value is -1.20. The molecule has 1 N–H and O–H groups in total. The summed E-state index contributed by atoms with van der Waals surface area (Å²) in [6, 6.07) is 4.37. The topological polar surface area (TPSA) is 42.7 Å². The fraction of sp³-hybridized carbons (Fsp3) is 0.467. The van der Waals surface area contributed by atoms with E-state index in [1.165, 1.54) is 11.3 Å². The van der Waals surface area contributed by atoms with E-state index in [0.29, 0.717) is 0 Å². The average molecular weight is 337 g/mol. The van der Waals surface area contributed by atoms with E-state index in [0.717, 1.165) is 29.7 Å². The van der Waals surface area contributed by atoms with Crippen LogP contribution < -0.4 is 5.32 Å². The Balaban J connectivity index is 2.09. The quantitative estimate of drug-likeness (QED) is 0.878. The molecular weight excluding hydrogens is 316 g/mol. The molecule has 0 aliphatic carbocycles. The minimum absolute atomic E-state index is 0.287. The van der Waals surface area contributed by atoms with Crippen molar-refractivity contribution in [2.45, 2.75) is 46.3 Å². The van der Waals surface area contributed by atoms with E-state index >= 15 is 0 Å². The molecule has 0 saturated heterocycles. The van der Waals surface area contributed by atoms with E-state index in [-0.39, 0.29) is 6.04 Å². The third-order valence-electron chi connectivity index (χ3n) is 3.48. The fourth-order valence-corrected chi connectivity index (χ4v) is 2.91. The smallest absolute Gasteiger partial charge is 0.0767 e. The summed E-state index contributed by atoms with van der Waals surface area (Å²) in [4.78, 5) is 4.05. The van der Waals surface area contributed by atoms with Gasteiger partial charge < -0.3 is 5.32 Å². The average Bonchev–Trinajstić information content (AvgIpc) is 2.81. The molecule has 0 aliphatic rings. The third-order valence-corrected chi connectivity index (χ3v) is 4.39. The van der Waals surface area contributed by atoms with Crippen molar-refractivity contribution < 1.29 is 0 Å². The molecule has 1 atom stereocenters. The van der Waals surface area contributed by atoms with Crippen molar-refractivity contribution >= 4 is 15.9 Å². The first-order valence-corrected chi connectivity index (χ1v) is 7.84. The molecule has 2 aromatic rings. The Morgan fingerprint density at radius 1 is 1.30 bits per heavy atom. The summed E-state index contributed by atoms with van der Waals surface area (Å²) in [5.74, 6) is 0. The van der Waals surface area contributed by atoms with Crippen LogP contribution in [0, 0.1) is 0 Å². The number of halogens is 1. The highest BCUT2D eigenvalue weighted by atomic mass is 79.9. The van der Waals surface area contributed by atoms with Crippen molar-refractivity contribution in [2.24, 2.45) is 0 Å². The zero-order chi connectivity index (χ0) is 14.5. The van der Waals surface area contributed by atoms with Crippen LogP contribution in [0.25, 0.3) is 0 Å². The lowest BCUT2D eigenvalue weighted by atomic mass is 10.1. The fourth-order valence-electron chi connectivity index (χ4n) is 2.21. The molecule has 0 amide bonds. The Kier molecular flexibility index (Phi) is 5.31. The lowest BCUT2D eigenvalue weighted by molar-refractivity contribution is 0.529. The van der Waals surface area contributed by atoms with Gasteiger partial charge in [-0.1, -0.05) is 6.92 Å². The van der Waals surface area contributed by atoms with Crippen LogP contribution in [0.3, 0.4) is 0 Å². The Labute approximate surface area is 128 Å². The Morgan fingerprint density at radius 3 is 2.60 bits per heavy atom. The lowest BCUT2D eigenvalue weighted by Crippen LogP contribution is -2.20. The SMILES string of the molecule is CCc1nn(CC)c(CNC(C)c2ccncc2)c1Br. The van der Waals surface area contributed by atoms with E-state index in [4.69, 9.17) is 0 Å². The van der Waals surface area contributed by atoms with Crippen molar-refractivity contribution in [2.75, 3.05) is 0 Å². The van der Waals surface area contributed by atoms with Gasteiger partial charge in [0.15, 0.2) is 0 Å². The van der Waals surface area contributed by atoms with Gasteiger partial charge in [0.2, 0.25) is 0 Å². The number of nitrogens with one attached hydrogen (secondary N) is 1. The van der Waals surface area contributed by atoms with Gasteiger partial charge in [-0.2, -0.15) is 5.10 Å². The van der Waals surface area contributed by atoms with Crippen LogP contribution in [-0.2, 0) is 19.5 Å². The summed E-state index contributed by atoms with van der Waals surface area (Å²) in [7, 11) is 0. The first-order valence-electron chi connectivity index (χ1n) is 7.04. The second kappa shape index (κ2) is 6.99. The largest absolute Gasteiger partial charge is 0.305 e. The minimum Gasteiger partial charge on any atom is -0.305 e. The molecule has 0 spiro atoms. The Bertz CT molecular complexity index is 551. The molecule has 0 saturated carbocycles. The zero-order valence-corrected chi connectivity index (χ0v) is 13.8. The molecule has 0 bridgehead atoms. The van der Waals surface area contributed by atoms with Crippen LogP contribution in [0.1, 0.15) is 43.8 Å². The number of aryl methyl sites for hydroxylation is 2. The number of hydrogen-bond acceptors (Lipinski definition) is 3. The predicted octanol–water partition coefficient (Wildman–Crippen LogP) is 3.47. The van der Waals surface area contributed by atoms with E-state index in [1.807, 2.05) is 24.5 Å². The van der Waals surface area contributed by atoms with Crippen LogP contribution in [0.2, 0.25) is 0 Å². The maximum Gasteiger partial charge on any atom is 0.0767 e. The molecule has 2 rings (SSSR count). The van der Waals surface area contributed by atoms with Gasteiger partial charge in [-0.25, -0.2) is 0 Å². The van der Waals surface area contributed by atoms with Crippen molar-refractivity contribution in [3.05, 3.63) is 46.0 Å². The number of pyridine rings is 1. The van der Waals surface area contributed by atoms with Crippen LogP contribution in [0.15, 0.2) is 29.0 Å². The molecule has 0 aromatic carbocycles. The second-order valence-electron chi connectivity index (χ2n) is 4.76. The summed E-state index contributed by atoms with van der Waals surface area (Å²) in [5, 5.41) is 8.17. The van der Waals surface area contributed by atoms with Gasteiger partial charge in [-0.05, 0) is 53.9 Å². The van der Waals surface area contributed by atoms with Crippen LogP contribution in [0.4, 0.5) is 0 Å². The van der Waals surface area contributed by atoms with Gasteiger partial charge in [0.25, 0.3) is 0 Å². The number of aromatic nitrogens is 3. The van der Waals surface area contributed by atoms with Gasteiger partial charge in [0.05, 0.1) is 15.9 Å². The van der Waals surface area contributed by atoms with Crippen molar-refractivity contribution in [1.29, 1.82) is 0 Å². The molecule has 108 valence electrons. The van der Waals surface area contributed by atoms with Crippen LogP contribution >= 0.6 is 15.9 Å². The van der Waals surface area contributed by atoms with Crippen LogP contribution in [0.5, 0.6) is 0 Å². The molecule has 0 aliphatic heterocycles. The standard InChI is InChI=1S/C15H21BrN4/c1-4-13-15(16)14(20(5-2)19-13)10-18-11(3)12-6-8-17-9-7-12/h6-9,11,18H,4-5,10H2,1-3H3. The molecule has 5 heteroatoms. The maximum absolute atomic E-state index is 4.62. The molecule has 0 fully saturated rings. The number of rotatable bonds is 6. The lowest BCUT2D eigenvalue weighted by Gasteiger charge is -2.14. The third kappa shape index (κ3) is 3.27. The summed E-state index contributed by atoms with van der Waals surface area (Å²) in [6.07, 6.45) is 4.60. The molecular formula is C15H21BrN4. The molecule has 2 aromatic heterocycles. The minimum atomic E-state index is 0.287. The molecule has 2 heterocycles. The highest BCUT2D eigenvalue weighted by Gasteiger charge is 2.14. The monoisotopic (exact) mass is 336 g/mol. The van der Waals surface area contributed by atoms with Gasteiger partial charge in [0, 0.05) is 31.5 Å². The summed E-state index contributed by atoms with van der Waals surface area (Å²) in [6.45, 7) is 8.10. The molecule has 0 radical (unpaired) electrons. The first-order chi connectivity index (χ1) is 9.67. The number of nitrogens with zero attached hydrogens (tertiary/aromatic N) is 3. The molecule has 20 heavy (non-hydrogen) atoms. The summed E-state index contributed by atoms with van der Waals surface area (Å²) in [5.41, 5.74) is 3.58. The second-order valence-corrected chi connectivity index (χ2v) is 5.55. The zero-order valence-electron chi connectivity index (χ0n) is 12.2. The highest BCUT2D eigenvalue weighted by molar-refractivity contribution is 9.10. The van der Waals surface area contributed by atoms with Crippen molar-refractivity contribution in [3.8, 4) is 0 Å². The first kappa shape index (κ1) is 15.2. The van der Waals surface area contributed by atoms with Crippen molar-refractivity contribution in [1.82, 2.24) is 20.1 Å². The summed E-state index contributed by atoms with van der Waals surface area (Å²) >= 11 is 3.68. The van der Waals surface area contributed by atoms with Gasteiger partial charge in [-0.3, -0.25) is 9.67 Å². The maximum atomic E-state index is 4.62. The normalized spacial score (nSPS) is 12.6. The van der Waals surface area contributed by atoms with Crippen LogP contribution in [-0.4, -0.2) is 14.8 Å². The van der Waals surface area contributed by atoms with E-state index < -0.39 is 0 Å². The molecule has 4 nitrogen and oxygen atoms in total. The van der Waals surface area contributed by atoms with E-state index in [9.17, 15) is 0 Å². The molecule has 1 unspecified atom stereocenters. The highest BCUT2D eigenvalue weighted by Crippen LogP contribution is 2.23. The van der Waals surface area contributed by atoms with Gasteiger partial charge in [-0.15, -0.1) is 0 Å². The van der Waals surface area contributed by atoms with E-state index in [2.05, 4.69) is 56.8 Å². The van der Waals surface area contributed by atoms with Crippen molar-refractivity contribution in [3.63, 3.8) is 0 Å². The Morgan fingerprint density at radius 2 is 2.00 bits per heavy atom. The summed E-state index contributed by atoms with van der Waals surface area (Å²) < 4.78 is 3.20. The van der Waals surface area contributed by atoms with E-state index in [1.54, 1.807) is 0 Å². The van der Waals surface area contributed by atoms with Gasteiger partial charge >= 0.3 is 0 Å². The van der Waals surface area contributed by atoms with Gasteiger partial charge in [0.1, 0.15) is 0 Å². The predicted molar refractivity (Wildman–Crippen MR) is 84.5 cm³/mol.